The van der Waals surface area contributed by atoms with Gasteiger partial charge in [-0.2, -0.15) is 0 Å². The Morgan fingerprint density at radius 2 is 0.923 bits per heavy atom. The van der Waals surface area contributed by atoms with E-state index in [1.54, 1.807) is 0 Å². The molecule has 0 amide bonds. The fraction of sp³-hybridized carbons (Fsp3) is 0. The van der Waals surface area contributed by atoms with Gasteiger partial charge in [0.15, 0.2) is 0 Å². The van der Waals surface area contributed by atoms with Crippen molar-refractivity contribution in [1.82, 2.24) is 0 Å². The Morgan fingerprint density at radius 3 is 1.31 bits per heavy atom. The Hall–Kier alpha value is -0.960. The molecule has 0 nitrogen and oxygen atoms in total. The average molecular weight is 594 g/mol. The number of benzene rings is 3. The largest absolute Gasteiger partial charge is 0.134 e. The molecule has 2 heterocycles. The molecular formula is C22H12I2S2. The Morgan fingerprint density at radius 1 is 0.538 bits per heavy atom. The highest BCUT2D eigenvalue weighted by atomic mass is 127. The number of fused-ring (bicyclic) bond motifs is 2. The summed E-state index contributed by atoms with van der Waals surface area (Å²) in [5, 5.41) is 2.75. The molecule has 0 fully saturated rings. The quantitative estimate of drug-likeness (QED) is 0.180. The van der Waals surface area contributed by atoms with Crippen molar-refractivity contribution < 1.29 is 0 Å². The first kappa shape index (κ1) is 17.2. The van der Waals surface area contributed by atoms with E-state index in [-0.39, 0.29) is 0 Å². The first-order valence-electron chi connectivity index (χ1n) is 8.17. The van der Waals surface area contributed by atoms with Gasteiger partial charge < -0.3 is 0 Å². The molecule has 0 radical (unpaired) electrons. The summed E-state index contributed by atoms with van der Waals surface area (Å²) in [6.07, 6.45) is 0. The average Bonchev–Trinajstić information content (AvgIpc) is 3.19. The predicted molar refractivity (Wildman–Crippen MR) is 134 cm³/mol. The van der Waals surface area contributed by atoms with Crippen LogP contribution in [0.5, 0.6) is 0 Å². The van der Waals surface area contributed by atoms with E-state index in [1.165, 1.54) is 48.2 Å². The summed E-state index contributed by atoms with van der Waals surface area (Å²) in [5.74, 6) is 0. The first-order valence-corrected chi connectivity index (χ1v) is 12.0. The summed E-state index contributed by atoms with van der Waals surface area (Å²) in [4.78, 5) is 2.74. The van der Waals surface area contributed by atoms with Crippen molar-refractivity contribution >= 4 is 88.0 Å². The molecule has 126 valence electrons. The Bertz CT molecular complexity index is 1140. The Balaban J connectivity index is 1.74. The van der Waals surface area contributed by atoms with Gasteiger partial charge in [-0.25, -0.2) is 0 Å². The van der Waals surface area contributed by atoms with Crippen LogP contribution in [0.25, 0.3) is 41.1 Å². The number of hydrogen-bond donors (Lipinski definition) is 0. The summed E-state index contributed by atoms with van der Waals surface area (Å²) >= 11 is 8.82. The number of thiophene rings is 2. The molecule has 2 aromatic heterocycles. The monoisotopic (exact) mass is 594 g/mol. The van der Waals surface area contributed by atoms with Gasteiger partial charge in [-0.05, 0) is 68.4 Å². The van der Waals surface area contributed by atoms with E-state index in [9.17, 15) is 0 Å². The molecule has 0 aliphatic heterocycles. The van der Waals surface area contributed by atoms with Crippen LogP contribution in [0, 0.1) is 7.14 Å². The molecule has 0 atom stereocenters. The summed E-state index contributed by atoms with van der Waals surface area (Å²) < 4.78 is 5.47. The van der Waals surface area contributed by atoms with Crippen LogP contribution in [0.3, 0.4) is 0 Å². The lowest BCUT2D eigenvalue weighted by Gasteiger charge is -1.97. The summed E-state index contributed by atoms with van der Waals surface area (Å²) in [5.41, 5.74) is 2.61. The lowest BCUT2D eigenvalue weighted by Crippen LogP contribution is -1.75. The van der Waals surface area contributed by atoms with Crippen molar-refractivity contribution in [3.63, 3.8) is 0 Å². The van der Waals surface area contributed by atoms with Crippen molar-refractivity contribution in [2.45, 2.75) is 0 Å². The summed E-state index contributed by atoms with van der Waals surface area (Å²) in [6, 6.07) is 26.2. The fourth-order valence-electron chi connectivity index (χ4n) is 3.18. The van der Waals surface area contributed by atoms with Crippen LogP contribution in [0.2, 0.25) is 0 Å². The van der Waals surface area contributed by atoms with E-state index in [4.69, 9.17) is 0 Å². The zero-order valence-corrected chi connectivity index (χ0v) is 19.4. The molecular weight excluding hydrogens is 582 g/mol. The third-order valence-corrected chi connectivity index (χ3v) is 9.83. The van der Waals surface area contributed by atoms with Crippen molar-refractivity contribution in [3.8, 4) is 20.9 Å². The van der Waals surface area contributed by atoms with Crippen LogP contribution in [0.15, 0.2) is 72.8 Å². The zero-order chi connectivity index (χ0) is 17.7. The number of halogens is 2. The minimum Gasteiger partial charge on any atom is -0.134 e. The smallest absolute Gasteiger partial charge is 0.0488 e. The maximum Gasteiger partial charge on any atom is 0.0488 e. The summed E-state index contributed by atoms with van der Waals surface area (Å²) in [7, 11) is 0. The maximum atomic E-state index is 2.51. The molecule has 0 N–H and O–H groups in total. The summed E-state index contributed by atoms with van der Waals surface area (Å²) in [6.45, 7) is 0. The second-order valence-corrected chi connectivity index (χ2v) is 10.3. The third-order valence-electron chi connectivity index (χ3n) is 4.45. The van der Waals surface area contributed by atoms with Crippen LogP contribution >= 0.6 is 67.9 Å². The molecule has 0 aliphatic carbocycles. The van der Waals surface area contributed by atoms with E-state index in [0.717, 1.165) is 0 Å². The molecule has 0 unspecified atom stereocenters. The zero-order valence-electron chi connectivity index (χ0n) is 13.5. The van der Waals surface area contributed by atoms with Gasteiger partial charge in [0.05, 0.1) is 0 Å². The van der Waals surface area contributed by atoms with Gasteiger partial charge in [-0.3, -0.25) is 0 Å². The van der Waals surface area contributed by atoms with E-state index >= 15 is 0 Å². The van der Waals surface area contributed by atoms with Crippen LogP contribution < -0.4 is 0 Å². The van der Waals surface area contributed by atoms with Gasteiger partial charge in [-0.1, -0.05) is 60.7 Å². The number of hydrogen-bond acceptors (Lipinski definition) is 2. The minimum absolute atomic E-state index is 1.31. The molecule has 0 bridgehead atoms. The van der Waals surface area contributed by atoms with Crippen LogP contribution in [0.4, 0.5) is 0 Å². The van der Waals surface area contributed by atoms with Crippen LogP contribution in [0.1, 0.15) is 0 Å². The SMILES string of the molecule is Ic1c(-c2ccccc2)sc2cc3c(I)c(-c4ccccc4)sc3cc12. The molecule has 0 saturated heterocycles. The van der Waals surface area contributed by atoms with Gasteiger partial charge in [0.25, 0.3) is 0 Å². The van der Waals surface area contributed by atoms with Crippen LogP contribution in [-0.4, -0.2) is 0 Å². The van der Waals surface area contributed by atoms with Crippen molar-refractivity contribution in [3.05, 3.63) is 79.9 Å². The fourth-order valence-corrected chi connectivity index (χ4v) is 7.96. The Labute approximate surface area is 187 Å². The molecule has 3 aromatic carbocycles. The molecule has 4 heteroatoms. The van der Waals surface area contributed by atoms with E-state index in [1.807, 2.05) is 22.7 Å². The lowest BCUT2D eigenvalue weighted by atomic mass is 10.1. The van der Waals surface area contributed by atoms with Crippen molar-refractivity contribution in [2.24, 2.45) is 0 Å². The lowest BCUT2D eigenvalue weighted by molar-refractivity contribution is 1.69. The van der Waals surface area contributed by atoms with E-state index in [0.29, 0.717) is 0 Å². The predicted octanol–water partition coefficient (Wildman–Crippen LogP) is 8.66. The van der Waals surface area contributed by atoms with E-state index in [2.05, 4.69) is 118 Å². The molecule has 5 aromatic rings. The second-order valence-electron chi connectivity index (χ2n) is 6.07. The Kier molecular flexibility index (Phi) is 4.55. The maximum absolute atomic E-state index is 2.51. The molecule has 0 saturated carbocycles. The van der Waals surface area contributed by atoms with E-state index < -0.39 is 0 Å². The normalized spacial score (nSPS) is 11.5. The third kappa shape index (κ3) is 2.82. The van der Waals surface area contributed by atoms with Gasteiger partial charge in [0, 0.05) is 37.1 Å². The molecule has 0 aliphatic rings. The van der Waals surface area contributed by atoms with Crippen LogP contribution in [-0.2, 0) is 0 Å². The first-order chi connectivity index (χ1) is 12.7. The van der Waals surface area contributed by atoms with Crippen molar-refractivity contribution in [1.29, 1.82) is 0 Å². The molecule has 26 heavy (non-hydrogen) atoms. The molecule has 0 spiro atoms. The highest BCUT2D eigenvalue weighted by Crippen LogP contribution is 2.45. The van der Waals surface area contributed by atoms with Crippen molar-refractivity contribution in [2.75, 3.05) is 0 Å². The highest BCUT2D eigenvalue weighted by Gasteiger charge is 2.17. The second kappa shape index (κ2) is 6.89. The van der Waals surface area contributed by atoms with Gasteiger partial charge in [-0.15, -0.1) is 22.7 Å². The molecule has 5 rings (SSSR count). The number of rotatable bonds is 2. The van der Waals surface area contributed by atoms with Gasteiger partial charge in [0.2, 0.25) is 0 Å². The topological polar surface area (TPSA) is 0 Å². The van der Waals surface area contributed by atoms with Gasteiger partial charge >= 0.3 is 0 Å². The van der Waals surface area contributed by atoms with Gasteiger partial charge in [0.1, 0.15) is 0 Å². The highest BCUT2D eigenvalue weighted by molar-refractivity contribution is 14.1. The standard InChI is InChI=1S/C22H12I2S2/c23-19-15-11-18-16(20(24)22(26-18)14-9-5-2-6-10-14)12-17(15)25-21(19)13-7-3-1-4-8-13/h1-12H. The minimum atomic E-state index is 1.31.